The SMILES string of the molecule is CC(C)C(=O)C1(C#N)CCS(=N)(=O)CC1. The van der Waals surface area contributed by atoms with E-state index in [0.29, 0.717) is 0 Å². The minimum atomic E-state index is -2.53. The highest BCUT2D eigenvalue weighted by Crippen LogP contribution is 2.35. The van der Waals surface area contributed by atoms with Crippen LogP contribution in [0.4, 0.5) is 0 Å². The molecule has 1 saturated heterocycles. The summed E-state index contributed by atoms with van der Waals surface area (Å²) in [5.41, 5.74) is -0.976. The summed E-state index contributed by atoms with van der Waals surface area (Å²) in [4.78, 5) is 11.9. The second-order valence-electron chi connectivity index (χ2n) is 4.43. The predicted molar refractivity (Wildman–Crippen MR) is 57.7 cm³/mol. The van der Waals surface area contributed by atoms with Gasteiger partial charge in [-0.1, -0.05) is 13.8 Å². The molecule has 4 nitrogen and oxygen atoms in total. The van der Waals surface area contributed by atoms with E-state index in [1.807, 2.05) is 0 Å². The van der Waals surface area contributed by atoms with Crippen LogP contribution in [0.2, 0.25) is 0 Å². The molecule has 1 aliphatic heterocycles. The van der Waals surface area contributed by atoms with E-state index in [0.717, 1.165) is 0 Å². The zero-order valence-corrected chi connectivity index (χ0v) is 9.89. The Morgan fingerprint density at radius 2 is 1.93 bits per heavy atom. The molecule has 1 aliphatic rings. The Morgan fingerprint density at radius 3 is 2.27 bits per heavy atom. The highest BCUT2D eigenvalue weighted by molar-refractivity contribution is 7.92. The third-order valence-corrected chi connectivity index (χ3v) is 4.65. The Kier molecular flexibility index (Phi) is 3.19. The number of nitriles is 1. The van der Waals surface area contributed by atoms with Crippen molar-refractivity contribution in [2.75, 3.05) is 11.5 Å². The molecule has 1 N–H and O–H groups in total. The van der Waals surface area contributed by atoms with Crippen molar-refractivity contribution in [2.24, 2.45) is 11.3 Å². The molecule has 0 bridgehead atoms. The molecule has 5 heteroatoms. The Hall–Kier alpha value is -0.890. The number of carbonyl (C=O) groups is 1. The average Bonchev–Trinajstić information content (AvgIpc) is 2.18. The van der Waals surface area contributed by atoms with Crippen LogP contribution in [0.25, 0.3) is 0 Å². The van der Waals surface area contributed by atoms with Gasteiger partial charge >= 0.3 is 0 Å². The maximum atomic E-state index is 11.9. The maximum absolute atomic E-state index is 11.9. The number of nitrogens with zero attached hydrogens (tertiary/aromatic N) is 1. The number of hydrogen-bond donors (Lipinski definition) is 1. The maximum Gasteiger partial charge on any atom is 0.155 e. The van der Waals surface area contributed by atoms with Crippen LogP contribution in [0.1, 0.15) is 26.7 Å². The van der Waals surface area contributed by atoms with Crippen LogP contribution < -0.4 is 0 Å². The number of Topliss-reactive ketones (excluding diaryl/α,β-unsaturated/α-hetero) is 1. The van der Waals surface area contributed by atoms with E-state index >= 15 is 0 Å². The van der Waals surface area contributed by atoms with Crippen molar-refractivity contribution in [1.29, 1.82) is 10.0 Å². The second kappa shape index (κ2) is 3.93. The zero-order valence-electron chi connectivity index (χ0n) is 9.08. The van der Waals surface area contributed by atoms with Crippen LogP contribution >= 0.6 is 0 Å². The van der Waals surface area contributed by atoms with Gasteiger partial charge in [0.1, 0.15) is 5.41 Å². The summed E-state index contributed by atoms with van der Waals surface area (Å²) < 4.78 is 18.9. The molecule has 0 radical (unpaired) electrons. The molecule has 0 aromatic heterocycles. The lowest BCUT2D eigenvalue weighted by atomic mass is 9.75. The first-order valence-corrected chi connectivity index (χ1v) is 6.92. The van der Waals surface area contributed by atoms with E-state index in [9.17, 15) is 9.00 Å². The molecule has 0 aromatic rings. The third-order valence-electron chi connectivity index (χ3n) is 2.93. The lowest BCUT2D eigenvalue weighted by molar-refractivity contribution is -0.129. The van der Waals surface area contributed by atoms with Gasteiger partial charge in [0.15, 0.2) is 5.78 Å². The fourth-order valence-corrected chi connectivity index (χ4v) is 3.43. The van der Waals surface area contributed by atoms with E-state index in [2.05, 4.69) is 6.07 Å². The second-order valence-corrected chi connectivity index (χ2v) is 6.87. The van der Waals surface area contributed by atoms with Crippen molar-refractivity contribution in [3.8, 4) is 6.07 Å². The molecule has 0 aliphatic carbocycles. The lowest BCUT2D eigenvalue weighted by Crippen LogP contribution is -2.40. The van der Waals surface area contributed by atoms with Crippen molar-refractivity contribution >= 4 is 15.5 Å². The van der Waals surface area contributed by atoms with Gasteiger partial charge in [0, 0.05) is 27.2 Å². The summed E-state index contributed by atoms with van der Waals surface area (Å²) in [7, 11) is -2.53. The molecule has 1 fully saturated rings. The number of ketones is 1. The Morgan fingerprint density at radius 1 is 1.47 bits per heavy atom. The third kappa shape index (κ3) is 2.37. The van der Waals surface area contributed by atoms with Gasteiger partial charge in [0.2, 0.25) is 0 Å². The number of nitrogens with one attached hydrogen (secondary N) is 1. The van der Waals surface area contributed by atoms with Crippen molar-refractivity contribution in [1.82, 2.24) is 0 Å². The first-order chi connectivity index (χ1) is 6.83. The molecule has 0 atom stereocenters. The van der Waals surface area contributed by atoms with E-state index < -0.39 is 15.1 Å². The Balaban J connectivity index is 2.92. The van der Waals surface area contributed by atoms with Gasteiger partial charge < -0.3 is 0 Å². The van der Waals surface area contributed by atoms with Crippen molar-refractivity contribution in [3.05, 3.63) is 0 Å². The topological polar surface area (TPSA) is 81.8 Å². The fourth-order valence-electron chi connectivity index (χ4n) is 1.87. The Labute approximate surface area is 90.6 Å². The minimum Gasteiger partial charge on any atom is -0.298 e. The smallest absolute Gasteiger partial charge is 0.155 e. The molecular formula is C10H16N2O2S. The first kappa shape index (κ1) is 12.2. The predicted octanol–water partition coefficient (Wildman–Crippen LogP) is 1.56. The quantitative estimate of drug-likeness (QED) is 0.778. The summed E-state index contributed by atoms with van der Waals surface area (Å²) in [5.74, 6) is 0.113. The highest BCUT2D eigenvalue weighted by Gasteiger charge is 2.43. The average molecular weight is 228 g/mol. The van der Waals surface area contributed by atoms with Gasteiger partial charge in [-0.15, -0.1) is 0 Å². The van der Waals surface area contributed by atoms with E-state index in [1.54, 1.807) is 13.8 Å². The van der Waals surface area contributed by atoms with Gasteiger partial charge in [-0.3, -0.25) is 9.57 Å². The summed E-state index contributed by atoms with van der Waals surface area (Å²) in [6, 6.07) is 2.08. The minimum absolute atomic E-state index is 0.0695. The highest BCUT2D eigenvalue weighted by atomic mass is 32.2. The van der Waals surface area contributed by atoms with Crippen LogP contribution in [0.3, 0.4) is 0 Å². The van der Waals surface area contributed by atoms with Gasteiger partial charge in [0.05, 0.1) is 6.07 Å². The van der Waals surface area contributed by atoms with Gasteiger partial charge in [-0.25, -0.2) is 4.21 Å². The van der Waals surface area contributed by atoms with Crippen LogP contribution in [0.5, 0.6) is 0 Å². The van der Waals surface area contributed by atoms with Crippen molar-refractivity contribution in [2.45, 2.75) is 26.7 Å². The molecule has 0 aromatic carbocycles. The van der Waals surface area contributed by atoms with E-state index in [-0.39, 0.29) is 36.0 Å². The molecule has 1 heterocycles. The lowest BCUT2D eigenvalue weighted by Gasteiger charge is -2.31. The van der Waals surface area contributed by atoms with Crippen LogP contribution in [-0.4, -0.2) is 21.5 Å². The molecule has 0 spiro atoms. The Bertz CT molecular complexity index is 390. The normalized spacial score (nSPS) is 36.1. The summed E-state index contributed by atoms with van der Waals surface area (Å²) >= 11 is 0. The van der Waals surface area contributed by atoms with Crippen molar-refractivity contribution in [3.63, 3.8) is 0 Å². The molecule has 0 saturated carbocycles. The first-order valence-electron chi connectivity index (χ1n) is 5.03. The van der Waals surface area contributed by atoms with Gasteiger partial charge in [-0.2, -0.15) is 5.26 Å². The summed E-state index contributed by atoms with van der Waals surface area (Å²) in [5, 5.41) is 9.11. The zero-order chi connectivity index (χ0) is 11.7. The molecule has 0 amide bonds. The summed E-state index contributed by atoms with van der Waals surface area (Å²) in [6.45, 7) is 3.54. The van der Waals surface area contributed by atoms with E-state index in [1.165, 1.54) is 0 Å². The molecular weight excluding hydrogens is 212 g/mol. The standard InChI is InChI=1S/C10H16N2O2S/c1-8(2)9(13)10(7-11)3-5-15(12,14)6-4-10/h8,12H,3-6H2,1-2H3. The van der Waals surface area contributed by atoms with Crippen molar-refractivity contribution < 1.29 is 9.00 Å². The molecule has 1 rings (SSSR count). The number of rotatable bonds is 2. The summed E-state index contributed by atoms with van der Waals surface area (Å²) in [6.07, 6.45) is 0.561. The molecule has 84 valence electrons. The fraction of sp³-hybridized carbons (Fsp3) is 0.800. The van der Waals surface area contributed by atoms with Gasteiger partial charge in [0.25, 0.3) is 0 Å². The van der Waals surface area contributed by atoms with Crippen LogP contribution in [0.15, 0.2) is 0 Å². The van der Waals surface area contributed by atoms with Gasteiger partial charge in [-0.05, 0) is 12.8 Å². The van der Waals surface area contributed by atoms with E-state index in [4.69, 9.17) is 10.0 Å². The monoisotopic (exact) mass is 228 g/mol. The number of hydrogen-bond acceptors (Lipinski definition) is 4. The number of carbonyl (C=O) groups excluding carboxylic acids is 1. The largest absolute Gasteiger partial charge is 0.298 e. The van der Waals surface area contributed by atoms with Crippen LogP contribution in [-0.2, 0) is 14.5 Å². The molecule has 15 heavy (non-hydrogen) atoms. The van der Waals surface area contributed by atoms with Crippen LogP contribution in [0, 0.1) is 27.4 Å². The molecule has 0 unspecified atom stereocenters.